The van der Waals surface area contributed by atoms with E-state index >= 15 is 0 Å². The Labute approximate surface area is 123 Å². The Hall–Kier alpha value is -1.09. The zero-order valence-electron chi connectivity index (χ0n) is 11.9. The molecule has 0 N–H and O–H groups in total. The second kappa shape index (κ2) is 5.36. The van der Waals surface area contributed by atoms with Crippen molar-refractivity contribution in [1.29, 1.82) is 0 Å². The van der Waals surface area contributed by atoms with Gasteiger partial charge in [-0.2, -0.15) is 0 Å². The van der Waals surface area contributed by atoms with Gasteiger partial charge in [0.2, 0.25) is 0 Å². The molecule has 0 amide bonds. The van der Waals surface area contributed by atoms with Crippen LogP contribution in [0.3, 0.4) is 0 Å². The van der Waals surface area contributed by atoms with Crippen LogP contribution in [0.4, 0.5) is 4.39 Å². The van der Waals surface area contributed by atoms with E-state index < -0.39 is 0 Å². The number of rotatable bonds is 2. The normalized spacial score (nSPS) is 27.1. The average molecular weight is 295 g/mol. The minimum Gasteiger partial charge on any atom is -0.324 e. The Bertz CT molecular complexity index is 612. The summed E-state index contributed by atoms with van der Waals surface area (Å²) in [4.78, 5) is 4.56. The number of hydrogen-bond acceptors (Lipinski definition) is 1. The van der Waals surface area contributed by atoms with E-state index in [1.807, 2.05) is 0 Å². The van der Waals surface area contributed by atoms with Gasteiger partial charge in [0.05, 0.1) is 16.9 Å². The third kappa shape index (κ3) is 2.44. The van der Waals surface area contributed by atoms with Gasteiger partial charge in [-0.25, -0.2) is 9.37 Å². The summed E-state index contributed by atoms with van der Waals surface area (Å²) in [5, 5.41) is 0. The smallest absolute Gasteiger partial charge is 0.125 e. The first kappa shape index (κ1) is 13.9. The van der Waals surface area contributed by atoms with Crippen molar-refractivity contribution < 1.29 is 4.39 Å². The maximum Gasteiger partial charge on any atom is 0.125 e. The summed E-state index contributed by atoms with van der Waals surface area (Å²) >= 11 is 6.06. The number of alkyl halides is 1. The van der Waals surface area contributed by atoms with Crippen LogP contribution in [0.5, 0.6) is 0 Å². The van der Waals surface area contributed by atoms with Crippen LogP contribution in [0, 0.1) is 17.7 Å². The van der Waals surface area contributed by atoms with Gasteiger partial charge in [-0.3, -0.25) is 0 Å². The van der Waals surface area contributed by atoms with Gasteiger partial charge >= 0.3 is 0 Å². The van der Waals surface area contributed by atoms with Crippen LogP contribution in [0.2, 0.25) is 0 Å². The SMILES string of the molecule is CC1CC(C)CC(n2c(CCl)nc3ccc(F)cc32)C1. The number of fused-ring (bicyclic) bond motifs is 1. The lowest BCUT2D eigenvalue weighted by Gasteiger charge is -2.33. The van der Waals surface area contributed by atoms with Gasteiger partial charge in [-0.15, -0.1) is 11.6 Å². The van der Waals surface area contributed by atoms with Gasteiger partial charge in [0, 0.05) is 6.04 Å². The molecule has 4 heteroatoms. The molecule has 3 rings (SSSR count). The Balaban J connectivity index is 2.10. The average Bonchev–Trinajstić information content (AvgIpc) is 2.75. The van der Waals surface area contributed by atoms with Gasteiger partial charge in [0.1, 0.15) is 11.6 Å². The van der Waals surface area contributed by atoms with Crippen LogP contribution in [0.15, 0.2) is 18.2 Å². The number of benzene rings is 1. The van der Waals surface area contributed by atoms with Gasteiger partial charge in [-0.05, 0) is 49.3 Å². The summed E-state index contributed by atoms with van der Waals surface area (Å²) in [6, 6.07) is 5.17. The summed E-state index contributed by atoms with van der Waals surface area (Å²) in [6.07, 6.45) is 3.51. The van der Waals surface area contributed by atoms with Crippen LogP contribution in [0.25, 0.3) is 11.0 Å². The molecule has 2 aromatic rings. The zero-order chi connectivity index (χ0) is 14.3. The maximum absolute atomic E-state index is 13.6. The molecule has 0 radical (unpaired) electrons. The molecule has 1 aromatic carbocycles. The second-order valence-electron chi connectivity index (χ2n) is 6.24. The van der Waals surface area contributed by atoms with Crippen molar-refractivity contribution in [3.05, 3.63) is 29.8 Å². The molecule has 0 spiro atoms. The lowest BCUT2D eigenvalue weighted by Crippen LogP contribution is -2.23. The Morgan fingerprint density at radius 3 is 2.60 bits per heavy atom. The van der Waals surface area contributed by atoms with Crippen molar-refractivity contribution in [2.24, 2.45) is 11.8 Å². The monoisotopic (exact) mass is 294 g/mol. The van der Waals surface area contributed by atoms with Crippen molar-refractivity contribution in [3.8, 4) is 0 Å². The fourth-order valence-corrected chi connectivity index (χ4v) is 3.92. The second-order valence-corrected chi connectivity index (χ2v) is 6.50. The quantitative estimate of drug-likeness (QED) is 0.720. The van der Waals surface area contributed by atoms with E-state index in [1.54, 1.807) is 12.1 Å². The molecule has 1 aliphatic rings. The van der Waals surface area contributed by atoms with Gasteiger partial charge in [0.25, 0.3) is 0 Å². The molecule has 1 aromatic heterocycles. The van der Waals surface area contributed by atoms with Crippen molar-refractivity contribution >= 4 is 22.6 Å². The fraction of sp³-hybridized carbons (Fsp3) is 0.562. The van der Waals surface area contributed by atoms with Crippen molar-refractivity contribution in [2.45, 2.75) is 45.0 Å². The highest BCUT2D eigenvalue weighted by atomic mass is 35.5. The van der Waals surface area contributed by atoms with E-state index in [2.05, 4.69) is 23.4 Å². The highest BCUT2D eigenvalue weighted by Crippen LogP contribution is 2.38. The van der Waals surface area contributed by atoms with E-state index in [4.69, 9.17) is 11.6 Å². The zero-order valence-corrected chi connectivity index (χ0v) is 12.7. The van der Waals surface area contributed by atoms with Gasteiger partial charge in [0.15, 0.2) is 0 Å². The van der Waals surface area contributed by atoms with E-state index in [9.17, 15) is 4.39 Å². The summed E-state index contributed by atoms with van der Waals surface area (Å²) in [5.74, 6) is 2.40. The predicted molar refractivity (Wildman–Crippen MR) is 80.5 cm³/mol. The standard InChI is InChI=1S/C16H20ClFN2/c1-10-5-11(2)7-13(6-10)20-15-8-12(18)3-4-14(15)19-16(20)9-17/h3-4,8,10-11,13H,5-7,9H2,1-2H3. The van der Waals surface area contributed by atoms with Crippen LogP contribution >= 0.6 is 11.6 Å². The minimum atomic E-state index is -0.211. The highest BCUT2D eigenvalue weighted by molar-refractivity contribution is 6.16. The molecule has 0 bridgehead atoms. The number of nitrogens with zero attached hydrogens (tertiary/aromatic N) is 2. The topological polar surface area (TPSA) is 17.8 Å². The summed E-state index contributed by atoms with van der Waals surface area (Å²) < 4.78 is 15.8. The molecule has 1 saturated carbocycles. The first-order valence-electron chi connectivity index (χ1n) is 7.30. The number of imidazole rings is 1. The third-order valence-electron chi connectivity index (χ3n) is 4.36. The minimum absolute atomic E-state index is 0.211. The molecule has 2 atom stereocenters. The Morgan fingerprint density at radius 1 is 1.25 bits per heavy atom. The van der Waals surface area contributed by atoms with E-state index in [0.717, 1.165) is 29.7 Å². The third-order valence-corrected chi connectivity index (χ3v) is 4.60. The molecule has 20 heavy (non-hydrogen) atoms. The molecule has 1 fully saturated rings. The molecule has 0 aliphatic heterocycles. The summed E-state index contributed by atoms with van der Waals surface area (Å²) in [7, 11) is 0. The number of hydrogen-bond donors (Lipinski definition) is 0. The molecule has 0 saturated heterocycles. The molecular formula is C16H20ClFN2. The molecular weight excluding hydrogens is 275 g/mol. The van der Waals surface area contributed by atoms with E-state index in [0.29, 0.717) is 23.8 Å². The number of aromatic nitrogens is 2. The molecule has 1 aliphatic carbocycles. The summed E-state index contributed by atoms with van der Waals surface area (Å²) in [6.45, 7) is 4.59. The van der Waals surface area contributed by atoms with E-state index in [1.165, 1.54) is 12.5 Å². The molecule has 108 valence electrons. The van der Waals surface area contributed by atoms with Crippen molar-refractivity contribution in [3.63, 3.8) is 0 Å². The molecule has 2 nitrogen and oxygen atoms in total. The van der Waals surface area contributed by atoms with Crippen LogP contribution in [-0.2, 0) is 5.88 Å². The van der Waals surface area contributed by atoms with Gasteiger partial charge in [-0.1, -0.05) is 13.8 Å². The lowest BCUT2D eigenvalue weighted by atomic mass is 9.80. The number of halogens is 2. The maximum atomic E-state index is 13.6. The summed E-state index contributed by atoms with van der Waals surface area (Å²) in [5.41, 5.74) is 1.72. The fourth-order valence-electron chi connectivity index (χ4n) is 3.73. The van der Waals surface area contributed by atoms with Crippen molar-refractivity contribution in [1.82, 2.24) is 9.55 Å². The Morgan fingerprint density at radius 2 is 1.95 bits per heavy atom. The van der Waals surface area contributed by atoms with Gasteiger partial charge < -0.3 is 4.57 Å². The first-order chi connectivity index (χ1) is 9.58. The predicted octanol–water partition coefficient (Wildman–Crippen LogP) is 4.91. The van der Waals surface area contributed by atoms with Crippen LogP contribution < -0.4 is 0 Å². The lowest BCUT2D eigenvalue weighted by molar-refractivity contribution is 0.222. The molecule has 2 unspecified atom stereocenters. The van der Waals surface area contributed by atoms with Crippen LogP contribution in [0.1, 0.15) is 45.0 Å². The van der Waals surface area contributed by atoms with Crippen LogP contribution in [-0.4, -0.2) is 9.55 Å². The van der Waals surface area contributed by atoms with Crippen molar-refractivity contribution in [2.75, 3.05) is 0 Å². The highest BCUT2D eigenvalue weighted by Gasteiger charge is 2.28. The molecule has 1 heterocycles. The Kier molecular flexibility index (Phi) is 3.72. The first-order valence-corrected chi connectivity index (χ1v) is 7.84. The largest absolute Gasteiger partial charge is 0.324 e. The van der Waals surface area contributed by atoms with E-state index in [-0.39, 0.29) is 5.82 Å².